The van der Waals surface area contributed by atoms with Gasteiger partial charge in [-0.2, -0.15) is 0 Å². The molecule has 2 saturated heterocycles. The van der Waals surface area contributed by atoms with Crippen LogP contribution in [0.3, 0.4) is 0 Å². The molecule has 0 spiro atoms. The molecule has 2 aliphatic rings. The van der Waals surface area contributed by atoms with E-state index in [2.05, 4.69) is 0 Å². The Bertz CT molecular complexity index is 1170. The fourth-order valence-electron chi connectivity index (χ4n) is 4.35. The average Bonchev–Trinajstić information content (AvgIpc) is 3.26. The molecule has 4 rings (SSSR count). The predicted molar refractivity (Wildman–Crippen MR) is 133 cm³/mol. The van der Waals surface area contributed by atoms with Gasteiger partial charge in [-0.1, -0.05) is 13.3 Å². The summed E-state index contributed by atoms with van der Waals surface area (Å²) in [4.78, 5) is 40.2. The van der Waals surface area contributed by atoms with E-state index in [4.69, 9.17) is 4.74 Å². The van der Waals surface area contributed by atoms with Gasteiger partial charge in [0.15, 0.2) is 0 Å². The molecule has 0 aliphatic carbocycles. The fraction of sp³-hybridized carbons (Fsp3) is 0.417. The van der Waals surface area contributed by atoms with Crippen LogP contribution in [0.1, 0.15) is 36.7 Å². The summed E-state index contributed by atoms with van der Waals surface area (Å²) in [7, 11) is 0. The molecule has 0 unspecified atom stereocenters. The zero-order chi connectivity index (χ0) is 24.4. The third kappa shape index (κ3) is 4.60. The summed E-state index contributed by atoms with van der Waals surface area (Å²) in [6.07, 6.45) is 3.42. The Morgan fingerprint density at radius 3 is 2.59 bits per heavy atom. The monoisotopic (exact) mass is 484 g/mol. The van der Waals surface area contributed by atoms with Gasteiger partial charge in [-0.05, 0) is 61.9 Å². The molecule has 0 N–H and O–H groups in total. The predicted octanol–water partition coefficient (Wildman–Crippen LogP) is 4.68. The first kappa shape index (κ1) is 24.0. The van der Waals surface area contributed by atoms with Gasteiger partial charge in [-0.3, -0.25) is 24.6 Å². The van der Waals surface area contributed by atoms with E-state index in [0.717, 1.165) is 41.6 Å². The van der Waals surface area contributed by atoms with E-state index in [1.54, 1.807) is 18.2 Å². The second-order valence-corrected chi connectivity index (χ2v) is 9.37. The second-order valence-electron chi connectivity index (χ2n) is 8.38. The number of morpholine rings is 1. The third-order valence-corrected chi connectivity index (χ3v) is 7.04. The molecule has 0 atom stereocenters. The Kier molecular flexibility index (Phi) is 7.08. The summed E-state index contributed by atoms with van der Waals surface area (Å²) in [5, 5.41) is 11.6. The normalized spacial score (nSPS) is 17.8. The number of carbonyl (C=O) groups excluding carboxylic acids is 2. The number of thioether (sulfide) groups is 1. The number of amides is 2. The number of nitrogens with zero attached hydrogens (tertiary/aromatic N) is 4. The molecule has 3 heterocycles. The van der Waals surface area contributed by atoms with Crippen molar-refractivity contribution in [2.24, 2.45) is 0 Å². The van der Waals surface area contributed by atoms with Crippen molar-refractivity contribution in [1.29, 1.82) is 0 Å². The Labute approximate surface area is 202 Å². The number of ether oxygens (including phenoxy) is 1. The second kappa shape index (κ2) is 10.0. The van der Waals surface area contributed by atoms with Crippen molar-refractivity contribution in [3.63, 3.8) is 0 Å². The summed E-state index contributed by atoms with van der Waals surface area (Å²) in [6, 6.07) is 7.18. The molecule has 34 heavy (non-hydrogen) atoms. The summed E-state index contributed by atoms with van der Waals surface area (Å²) in [5.74, 6) is -0.265. The lowest BCUT2D eigenvalue weighted by molar-refractivity contribution is -0.384. The van der Waals surface area contributed by atoms with Crippen LogP contribution in [-0.2, 0) is 9.53 Å². The van der Waals surface area contributed by atoms with E-state index in [0.29, 0.717) is 49.1 Å². The first-order valence-corrected chi connectivity index (χ1v) is 12.2. The van der Waals surface area contributed by atoms with Crippen LogP contribution in [0.4, 0.5) is 16.2 Å². The molecule has 1 aromatic heterocycles. The van der Waals surface area contributed by atoms with Crippen molar-refractivity contribution in [3.05, 3.63) is 56.2 Å². The molecule has 2 fully saturated rings. The van der Waals surface area contributed by atoms with Gasteiger partial charge < -0.3 is 14.2 Å². The maximum Gasteiger partial charge on any atom is 0.294 e. The van der Waals surface area contributed by atoms with Crippen LogP contribution in [-0.4, -0.2) is 58.4 Å². The zero-order valence-electron chi connectivity index (χ0n) is 19.6. The van der Waals surface area contributed by atoms with Crippen LogP contribution in [0.5, 0.6) is 0 Å². The molecule has 2 aromatic rings. The minimum atomic E-state index is -0.352. The number of aromatic nitrogens is 1. The quantitative estimate of drug-likeness (QED) is 0.320. The first-order valence-electron chi connectivity index (χ1n) is 11.4. The lowest BCUT2D eigenvalue weighted by Crippen LogP contribution is -2.36. The molecule has 0 bridgehead atoms. The third-order valence-electron chi connectivity index (χ3n) is 6.13. The number of aryl methyl sites for hydroxylation is 1. The number of hydrogen-bond acceptors (Lipinski definition) is 7. The molecule has 1 aromatic carbocycles. The smallest absolute Gasteiger partial charge is 0.294 e. The van der Waals surface area contributed by atoms with Gasteiger partial charge in [0.1, 0.15) is 5.69 Å². The first-order chi connectivity index (χ1) is 16.3. The summed E-state index contributed by atoms with van der Waals surface area (Å²) in [5.41, 5.74) is 3.83. The number of unbranched alkanes of at least 4 members (excludes halogenated alkanes) is 1. The maximum atomic E-state index is 12.7. The summed E-state index contributed by atoms with van der Waals surface area (Å²) >= 11 is 0.955. The zero-order valence-corrected chi connectivity index (χ0v) is 20.4. The number of carbonyl (C=O) groups is 2. The van der Waals surface area contributed by atoms with Gasteiger partial charge in [0, 0.05) is 37.1 Å². The van der Waals surface area contributed by atoms with Crippen molar-refractivity contribution >= 4 is 40.4 Å². The van der Waals surface area contributed by atoms with Crippen LogP contribution < -0.4 is 4.90 Å². The van der Waals surface area contributed by atoms with Crippen LogP contribution in [0, 0.1) is 24.0 Å². The van der Waals surface area contributed by atoms with Gasteiger partial charge in [-0.25, -0.2) is 0 Å². The van der Waals surface area contributed by atoms with Crippen LogP contribution >= 0.6 is 11.8 Å². The molecule has 0 radical (unpaired) electrons. The molecular formula is C24H28N4O5S. The van der Waals surface area contributed by atoms with Crippen molar-refractivity contribution in [3.8, 4) is 5.69 Å². The standard InChI is InChI=1S/C24H28N4O5S/c1-4-5-8-26-23(29)22(34-24(26)30)14-18-13-16(2)27(17(18)3)19-6-7-20(21(15-19)28(31)32)25-9-11-33-12-10-25/h6-7,13-15H,4-5,8-12H2,1-3H3/b22-14-. The van der Waals surface area contributed by atoms with Gasteiger partial charge in [0.25, 0.3) is 16.8 Å². The van der Waals surface area contributed by atoms with E-state index in [9.17, 15) is 19.7 Å². The molecule has 9 nitrogen and oxygen atoms in total. The van der Waals surface area contributed by atoms with Crippen LogP contribution in [0.15, 0.2) is 29.2 Å². The number of nitro benzene ring substituents is 1. The summed E-state index contributed by atoms with van der Waals surface area (Å²) < 4.78 is 7.31. The van der Waals surface area contributed by atoms with Crippen molar-refractivity contribution in [2.75, 3.05) is 37.7 Å². The van der Waals surface area contributed by atoms with E-state index >= 15 is 0 Å². The number of anilines is 1. The Hall–Kier alpha value is -3.11. The highest BCUT2D eigenvalue weighted by atomic mass is 32.2. The van der Waals surface area contributed by atoms with E-state index in [1.807, 2.05) is 42.4 Å². The number of benzene rings is 1. The number of imide groups is 1. The minimum absolute atomic E-state index is 0.0468. The fourth-order valence-corrected chi connectivity index (χ4v) is 5.21. The lowest BCUT2D eigenvalue weighted by Gasteiger charge is -2.28. The Balaban J connectivity index is 1.67. The van der Waals surface area contributed by atoms with E-state index in [-0.39, 0.29) is 21.8 Å². The van der Waals surface area contributed by atoms with Crippen molar-refractivity contribution < 1.29 is 19.2 Å². The molecule has 2 aliphatic heterocycles. The summed E-state index contributed by atoms with van der Waals surface area (Å²) in [6.45, 7) is 8.57. The van der Waals surface area contributed by atoms with Crippen LogP contribution in [0.25, 0.3) is 11.8 Å². The van der Waals surface area contributed by atoms with Gasteiger partial charge in [0.2, 0.25) is 0 Å². The number of rotatable bonds is 7. The average molecular weight is 485 g/mol. The molecular weight excluding hydrogens is 456 g/mol. The van der Waals surface area contributed by atoms with Crippen LogP contribution in [0.2, 0.25) is 0 Å². The Morgan fingerprint density at radius 1 is 1.18 bits per heavy atom. The lowest BCUT2D eigenvalue weighted by atomic mass is 10.2. The van der Waals surface area contributed by atoms with E-state index < -0.39 is 0 Å². The Morgan fingerprint density at radius 2 is 1.91 bits per heavy atom. The van der Waals surface area contributed by atoms with Gasteiger partial charge in [0.05, 0.1) is 28.7 Å². The number of hydrogen-bond donors (Lipinski definition) is 0. The SMILES string of the molecule is CCCCN1C(=O)S/C(=C\c2cc(C)n(-c3ccc(N4CCOCC4)c([N+](=O)[O-])c3)c2C)C1=O. The highest BCUT2D eigenvalue weighted by molar-refractivity contribution is 8.18. The highest BCUT2D eigenvalue weighted by Crippen LogP contribution is 2.35. The van der Waals surface area contributed by atoms with E-state index in [1.165, 1.54) is 4.90 Å². The minimum Gasteiger partial charge on any atom is -0.378 e. The largest absolute Gasteiger partial charge is 0.378 e. The maximum absolute atomic E-state index is 12.7. The van der Waals surface area contributed by atoms with Gasteiger partial charge in [-0.15, -0.1) is 0 Å². The molecule has 0 saturated carbocycles. The molecule has 2 amide bonds. The molecule has 180 valence electrons. The topological polar surface area (TPSA) is 97.9 Å². The van der Waals surface area contributed by atoms with Gasteiger partial charge >= 0.3 is 0 Å². The molecule has 10 heteroatoms. The van der Waals surface area contributed by atoms with Crippen molar-refractivity contribution in [2.45, 2.75) is 33.6 Å². The van der Waals surface area contributed by atoms with Crippen molar-refractivity contribution in [1.82, 2.24) is 9.47 Å². The number of nitro groups is 1. The highest BCUT2D eigenvalue weighted by Gasteiger charge is 2.34.